The van der Waals surface area contributed by atoms with E-state index in [0.29, 0.717) is 42.7 Å². The number of hydrogen-bond donors (Lipinski definition) is 1. The molecule has 0 aliphatic rings. The maximum Gasteiger partial charge on any atom is 0.253 e. The van der Waals surface area contributed by atoms with Crippen LogP contribution < -0.4 is 15.2 Å². The second kappa shape index (κ2) is 8.20. The van der Waals surface area contributed by atoms with Crippen molar-refractivity contribution in [3.8, 4) is 11.5 Å². The maximum atomic E-state index is 12.6. The highest BCUT2D eigenvalue weighted by molar-refractivity contribution is 5.94. The van der Waals surface area contributed by atoms with Gasteiger partial charge in [0.25, 0.3) is 5.91 Å². The van der Waals surface area contributed by atoms with Gasteiger partial charge in [-0.15, -0.1) is 0 Å². The van der Waals surface area contributed by atoms with Gasteiger partial charge < -0.3 is 20.1 Å². The van der Waals surface area contributed by atoms with E-state index in [1.807, 2.05) is 13.8 Å². The van der Waals surface area contributed by atoms with Gasteiger partial charge in [0.15, 0.2) is 11.5 Å². The number of carbonyl (C=O) groups is 1. The zero-order chi connectivity index (χ0) is 17.6. The van der Waals surface area contributed by atoms with Gasteiger partial charge in [-0.05, 0) is 36.1 Å². The Balaban J connectivity index is 2.89. The van der Waals surface area contributed by atoms with Crippen molar-refractivity contribution in [1.82, 2.24) is 4.90 Å². The summed E-state index contributed by atoms with van der Waals surface area (Å²) in [4.78, 5) is 14.3. The van der Waals surface area contributed by atoms with Crippen molar-refractivity contribution in [2.45, 2.75) is 27.7 Å². The molecule has 0 aromatic heterocycles. The minimum Gasteiger partial charge on any atom is -0.493 e. The summed E-state index contributed by atoms with van der Waals surface area (Å²) in [6.45, 7) is 9.97. The standard InChI is InChI=1S/C18H30N2O3/c1-13(2)10-23-15-8-7-14(9-16(15)22-6)17(21)20(5)12-18(3,4)11-19/h7-9,13H,10-12,19H2,1-6H3. The van der Waals surface area contributed by atoms with Crippen LogP contribution in [0.5, 0.6) is 11.5 Å². The molecule has 0 unspecified atom stereocenters. The first-order valence-corrected chi connectivity index (χ1v) is 7.96. The molecule has 0 atom stereocenters. The fraction of sp³-hybridized carbons (Fsp3) is 0.611. The van der Waals surface area contributed by atoms with E-state index in [9.17, 15) is 4.79 Å². The van der Waals surface area contributed by atoms with Crippen LogP contribution in [0.2, 0.25) is 0 Å². The van der Waals surface area contributed by atoms with Gasteiger partial charge in [-0.2, -0.15) is 0 Å². The Bertz CT molecular complexity index is 527. The van der Waals surface area contributed by atoms with E-state index in [-0.39, 0.29) is 11.3 Å². The van der Waals surface area contributed by atoms with Gasteiger partial charge in [0.05, 0.1) is 13.7 Å². The normalized spacial score (nSPS) is 11.5. The van der Waals surface area contributed by atoms with Crippen LogP contribution in [0.15, 0.2) is 18.2 Å². The second-order valence-corrected chi connectivity index (χ2v) is 7.10. The van der Waals surface area contributed by atoms with Crippen molar-refractivity contribution in [2.24, 2.45) is 17.1 Å². The number of hydrogen-bond acceptors (Lipinski definition) is 4. The third-order valence-corrected chi connectivity index (χ3v) is 3.55. The molecule has 130 valence electrons. The number of carbonyl (C=O) groups excluding carboxylic acids is 1. The fourth-order valence-corrected chi connectivity index (χ4v) is 2.18. The van der Waals surface area contributed by atoms with Crippen LogP contribution >= 0.6 is 0 Å². The topological polar surface area (TPSA) is 64.8 Å². The Morgan fingerprint density at radius 1 is 1.30 bits per heavy atom. The minimum atomic E-state index is -0.116. The summed E-state index contributed by atoms with van der Waals surface area (Å²) >= 11 is 0. The van der Waals surface area contributed by atoms with Crippen LogP contribution in [0.1, 0.15) is 38.1 Å². The highest BCUT2D eigenvalue weighted by Crippen LogP contribution is 2.29. The molecule has 23 heavy (non-hydrogen) atoms. The Morgan fingerprint density at radius 2 is 1.96 bits per heavy atom. The van der Waals surface area contributed by atoms with Crippen LogP contribution in [0.3, 0.4) is 0 Å². The first-order chi connectivity index (χ1) is 10.7. The van der Waals surface area contributed by atoms with E-state index < -0.39 is 0 Å². The molecular weight excluding hydrogens is 292 g/mol. The molecular formula is C18H30N2O3. The minimum absolute atomic E-state index is 0.0553. The van der Waals surface area contributed by atoms with Crippen molar-refractivity contribution in [1.29, 1.82) is 0 Å². The SMILES string of the molecule is COc1cc(C(=O)N(C)CC(C)(C)CN)ccc1OCC(C)C. The summed E-state index contributed by atoms with van der Waals surface area (Å²) in [6, 6.07) is 5.28. The average molecular weight is 322 g/mol. The highest BCUT2D eigenvalue weighted by Gasteiger charge is 2.22. The zero-order valence-electron chi connectivity index (χ0n) is 15.2. The van der Waals surface area contributed by atoms with Crippen molar-refractivity contribution < 1.29 is 14.3 Å². The third kappa shape index (κ3) is 5.75. The quantitative estimate of drug-likeness (QED) is 0.799. The van der Waals surface area contributed by atoms with E-state index in [1.54, 1.807) is 37.3 Å². The second-order valence-electron chi connectivity index (χ2n) is 7.10. The van der Waals surface area contributed by atoms with Crippen molar-refractivity contribution >= 4 is 5.91 Å². The molecule has 0 fully saturated rings. The first-order valence-electron chi connectivity index (χ1n) is 7.96. The smallest absolute Gasteiger partial charge is 0.253 e. The molecule has 0 aliphatic heterocycles. The molecule has 2 N–H and O–H groups in total. The van der Waals surface area contributed by atoms with E-state index in [2.05, 4.69) is 13.8 Å². The van der Waals surface area contributed by atoms with E-state index >= 15 is 0 Å². The molecule has 0 radical (unpaired) electrons. The summed E-state index contributed by atoms with van der Waals surface area (Å²) < 4.78 is 11.1. The van der Waals surface area contributed by atoms with Crippen molar-refractivity contribution in [3.63, 3.8) is 0 Å². The molecule has 1 amide bonds. The predicted molar refractivity (Wildman–Crippen MR) is 93.1 cm³/mol. The summed E-state index contributed by atoms with van der Waals surface area (Å²) in [5.74, 6) is 1.59. The summed E-state index contributed by atoms with van der Waals surface area (Å²) in [5.41, 5.74) is 6.20. The third-order valence-electron chi connectivity index (χ3n) is 3.55. The average Bonchev–Trinajstić information content (AvgIpc) is 2.51. The number of benzene rings is 1. The number of ether oxygens (including phenoxy) is 2. The molecule has 5 nitrogen and oxygen atoms in total. The number of rotatable bonds is 8. The molecule has 1 aromatic carbocycles. The van der Waals surface area contributed by atoms with Gasteiger partial charge in [0.1, 0.15) is 0 Å². The lowest BCUT2D eigenvalue weighted by Crippen LogP contribution is -2.39. The van der Waals surface area contributed by atoms with E-state index in [4.69, 9.17) is 15.2 Å². The van der Waals surface area contributed by atoms with Gasteiger partial charge >= 0.3 is 0 Å². The Labute approximate surface area is 139 Å². The molecule has 0 saturated heterocycles. The molecule has 1 rings (SSSR count). The lowest BCUT2D eigenvalue weighted by Gasteiger charge is -2.29. The van der Waals surface area contributed by atoms with Crippen LogP contribution in [-0.2, 0) is 0 Å². The molecule has 0 spiro atoms. The van der Waals surface area contributed by atoms with E-state index in [1.165, 1.54) is 0 Å². The molecule has 0 bridgehead atoms. The van der Waals surface area contributed by atoms with Crippen molar-refractivity contribution in [3.05, 3.63) is 23.8 Å². The lowest BCUT2D eigenvalue weighted by atomic mass is 9.93. The summed E-state index contributed by atoms with van der Waals surface area (Å²) in [7, 11) is 3.36. The van der Waals surface area contributed by atoms with Gasteiger partial charge in [-0.25, -0.2) is 0 Å². The summed E-state index contributed by atoms with van der Waals surface area (Å²) in [5, 5.41) is 0. The van der Waals surface area contributed by atoms with Crippen LogP contribution in [0.25, 0.3) is 0 Å². The Hall–Kier alpha value is -1.75. The van der Waals surface area contributed by atoms with Crippen LogP contribution in [0.4, 0.5) is 0 Å². The van der Waals surface area contributed by atoms with E-state index in [0.717, 1.165) is 0 Å². The van der Waals surface area contributed by atoms with Crippen LogP contribution in [0, 0.1) is 11.3 Å². The molecule has 5 heteroatoms. The van der Waals surface area contributed by atoms with Crippen LogP contribution in [-0.4, -0.2) is 44.7 Å². The van der Waals surface area contributed by atoms with Gasteiger partial charge in [0, 0.05) is 19.2 Å². The Morgan fingerprint density at radius 3 is 2.48 bits per heavy atom. The largest absolute Gasteiger partial charge is 0.493 e. The number of amides is 1. The summed E-state index contributed by atoms with van der Waals surface area (Å²) in [6.07, 6.45) is 0. The first kappa shape index (κ1) is 19.3. The fourth-order valence-electron chi connectivity index (χ4n) is 2.18. The Kier molecular flexibility index (Phi) is 6.88. The molecule has 1 aromatic rings. The maximum absolute atomic E-state index is 12.6. The van der Waals surface area contributed by atoms with Gasteiger partial charge in [-0.3, -0.25) is 4.79 Å². The predicted octanol–water partition coefficient (Wildman–Crippen LogP) is 2.79. The van der Waals surface area contributed by atoms with Gasteiger partial charge in [0.2, 0.25) is 0 Å². The van der Waals surface area contributed by atoms with Crippen molar-refractivity contribution in [2.75, 3.05) is 33.9 Å². The zero-order valence-corrected chi connectivity index (χ0v) is 15.2. The number of methoxy groups -OCH3 is 1. The molecule has 0 heterocycles. The lowest BCUT2D eigenvalue weighted by molar-refractivity contribution is 0.0740. The number of nitrogens with zero attached hydrogens (tertiary/aromatic N) is 1. The monoisotopic (exact) mass is 322 g/mol. The molecule has 0 aliphatic carbocycles. The molecule has 0 saturated carbocycles. The number of nitrogens with two attached hydrogens (primary N) is 1. The highest BCUT2D eigenvalue weighted by atomic mass is 16.5. The van der Waals surface area contributed by atoms with Gasteiger partial charge in [-0.1, -0.05) is 27.7 Å².